The van der Waals surface area contributed by atoms with E-state index in [0.29, 0.717) is 0 Å². The third kappa shape index (κ3) is 4.72. The molecule has 14 heavy (non-hydrogen) atoms. The lowest BCUT2D eigenvalue weighted by Gasteiger charge is -2.04. The van der Waals surface area contributed by atoms with E-state index >= 15 is 0 Å². The van der Waals surface area contributed by atoms with Crippen LogP contribution in [-0.4, -0.2) is 11.5 Å². The second kappa shape index (κ2) is 6.14. The van der Waals surface area contributed by atoms with Crippen molar-refractivity contribution in [3.8, 4) is 0 Å². The van der Waals surface area contributed by atoms with Crippen molar-refractivity contribution in [2.75, 3.05) is 6.54 Å². The Morgan fingerprint density at radius 3 is 2.86 bits per heavy atom. The summed E-state index contributed by atoms with van der Waals surface area (Å²) in [5, 5.41) is 4.60. The molecule has 0 atom stereocenters. The molecular formula is C11H20N2S. The van der Waals surface area contributed by atoms with Gasteiger partial charge in [0.25, 0.3) is 0 Å². The lowest BCUT2D eigenvalue weighted by Crippen LogP contribution is -2.14. The molecule has 1 aromatic rings. The van der Waals surface area contributed by atoms with Gasteiger partial charge in [0.1, 0.15) is 0 Å². The zero-order valence-electron chi connectivity index (χ0n) is 9.34. The Balaban J connectivity index is 2.04. The maximum absolute atomic E-state index is 4.22. The van der Waals surface area contributed by atoms with E-state index in [0.717, 1.165) is 24.0 Å². The summed E-state index contributed by atoms with van der Waals surface area (Å²) in [5.74, 6) is 0.822. The molecule has 0 aliphatic rings. The molecule has 0 saturated heterocycles. The number of hydrogen-bond donors (Lipinski definition) is 1. The highest BCUT2D eigenvalue weighted by molar-refractivity contribution is 7.11. The molecule has 0 fully saturated rings. The van der Waals surface area contributed by atoms with Gasteiger partial charge < -0.3 is 5.32 Å². The van der Waals surface area contributed by atoms with Gasteiger partial charge in [-0.15, -0.1) is 11.3 Å². The van der Waals surface area contributed by atoms with Gasteiger partial charge in [-0.3, -0.25) is 0 Å². The monoisotopic (exact) mass is 212 g/mol. The lowest BCUT2D eigenvalue weighted by atomic mass is 10.1. The van der Waals surface area contributed by atoms with E-state index in [9.17, 15) is 0 Å². The molecule has 1 aromatic heterocycles. The normalized spacial score (nSPS) is 11.1. The van der Waals surface area contributed by atoms with Crippen molar-refractivity contribution in [2.45, 2.75) is 40.2 Å². The number of nitrogens with one attached hydrogen (secondary N) is 1. The second-order valence-corrected chi connectivity index (χ2v) is 5.38. The van der Waals surface area contributed by atoms with Crippen LogP contribution >= 0.6 is 11.3 Å². The molecular weight excluding hydrogens is 192 g/mol. The van der Waals surface area contributed by atoms with Gasteiger partial charge >= 0.3 is 0 Å². The molecule has 0 aromatic carbocycles. The van der Waals surface area contributed by atoms with Gasteiger partial charge in [-0.1, -0.05) is 13.8 Å². The number of thiazole rings is 1. The average Bonchev–Trinajstić information content (AvgIpc) is 2.50. The zero-order chi connectivity index (χ0) is 10.4. The molecule has 1 N–H and O–H groups in total. The first-order valence-electron chi connectivity index (χ1n) is 5.30. The molecule has 0 saturated carbocycles. The highest BCUT2D eigenvalue weighted by Gasteiger charge is 1.97. The smallest absolute Gasteiger partial charge is 0.0897 e. The molecule has 0 radical (unpaired) electrons. The number of aryl methyl sites for hydroxylation is 1. The summed E-state index contributed by atoms with van der Waals surface area (Å²) in [6.07, 6.45) is 4.56. The third-order valence-corrected chi connectivity index (χ3v) is 3.02. The van der Waals surface area contributed by atoms with Crippen LogP contribution in [0.5, 0.6) is 0 Å². The van der Waals surface area contributed by atoms with Crippen LogP contribution in [0.25, 0.3) is 0 Å². The molecule has 0 aliphatic heterocycles. The van der Waals surface area contributed by atoms with Crippen LogP contribution in [0.4, 0.5) is 0 Å². The van der Waals surface area contributed by atoms with Gasteiger partial charge in [-0.05, 0) is 32.2 Å². The summed E-state index contributed by atoms with van der Waals surface area (Å²) >= 11 is 1.78. The maximum Gasteiger partial charge on any atom is 0.0897 e. The molecule has 0 amide bonds. The summed E-state index contributed by atoms with van der Waals surface area (Å²) in [4.78, 5) is 5.56. The molecule has 3 heteroatoms. The van der Waals surface area contributed by atoms with E-state index in [4.69, 9.17) is 0 Å². The van der Waals surface area contributed by atoms with Gasteiger partial charge in [-0.25, -0.2) is 4.98 Å². The van der Waals surface area contributed by atoms with Crippen LogP contribution in [0.1, 0.15) is 36.6 Å². The van der Waals surface area contributed by atoms with E-state index in [1.165, 1.54) is 17.7 Å². The quantitative estimate of drug-likeness (QED) is 0.733. The van der Waals surface area contributed by atoms with Crippen LogP contribution in [0.3, 0.4) is 0 Å². The van der Waals surface area contributed by atoms with Gasteiger partial charge in [0, 0.05) is 17.6 Å². The molecule has 2 nitrogen and oxygen atoms in total. The van der Waals surface area contributed by atoms with Gasteiger partial charge in [0.05, 0.1) is 5.01 Å². The van der Waals surface area contributed by atoms with Crippen molar-refractivity contribution in [3.05, 3.63) is 16.1 Å². The molecule has 0 bridgehead atoms. The SMILES string of the molecule is Cc1ncc(CNCCCC(C)C)s1. The fourth-order valence-corrected chi connectivity index (χ4v) is 2.10. The minimum Gasteiger partial charge on any atom is -0.312 e. The van der Waals surface area contributed by atoms with Crippen molar-refractivity contribution in [3.63, 3.8) is 0 Å². The molecule has 0 aliphatic carbocycles. The number of aromatic nitrogens is 1. The topological polar surface area (TPSA) is 24.9 Å². The van der Waals surface area contributed by atoms with Crippen LogP contribution in [-0.2, 0) is 6.54 Å². The van der Waals surface area contributed by atoms with Gasteiger partial charge in [-0.2, -0.15) is 0 Å². The number of hydrogen-bond acceptors (Lipinski definition) is 3. The predicted octanol–water partition coefficient (Wildman–Crippen LogP) is 2.98. The van der Waals surface area contributed by atoms with Gasteiger partial charge in [0.15, 0.2) is 0 Å². The minimum absolute atomic E-state index is 0.822. The summed E-state index contributed by atoms with van der Waals surface area (Å²) in [7, 11) is 0. The summed E-state index contributed by atoms with van der Waals surface area (Å²) < 4.78 is 0. The Morgan fingerprint density at radius 1 is 1.50 bits per heavy atom. The number of nitrogens with zero attached hydrogens (tertiary/aromatic N) is 1. The first-order valence-corrected chi connectivity index (χ1v) is 6.12. The Kier molecular flexibility index (Phi) is 5.12. The van der Waals surface area contributed by atoms with Crippen LogP contribution < -0.4 is 5.32 Å². The Hall–Kier alpha value is -0.410. The minimum atomic E-state index is 0.822. The molecule has 80 valence electrons. The molecule has 0 spiro atoms. The predicted molar refractivity (Wildman–Crippen MR) is 62.6 cm³/mol. The molecule has 1 rings (SSSR count). The fourth-order valence-electron chi connectivity index (χ4n) is 1.33. The largest absolute Gasteiger partial charge is 0.312 e. The van der Waals surface area contributed by atoms with E-state index in [2.05, 4.69) is 24.1 Å². The van der Waals surface area contributed by atoms with Crippen molar-refractivity contribution in [2.24, 2.45) is 5.92 Å². The Morgan fingerprint density at radius 2 is 2.29 bits per heavy atom. The fraction of sp³-hybridized carbons (Fsp3) is 0.727. The highest BCUT2D eigenvalue weighted by Crippen LogP contribution is 2.10. The lowest BCUT2D eigenvalue weighted by molar-refractivity contribution is 0.528. The zero-order valence-corrected chi connectivity index (χ0v) is 10.2. The van der Waals surface area contributed by atoms with E-state index in [-0.39, 0.29) is 0 Å². The molecule has 0 unspecified atom stereocenters. The second-order valence-electron chi connectivity index (χ2n) is 4.06. The summed E-state index contributed by atoms with van der Waals surface area (Å²) in [5.41, 5.74) is 0. The molecule has 1 heterocycles. The van der Waals surface area contributed by atoms with Crippen molar-refractivity contribution < 1.29 is 0 Å². The van der Waals surface area contributed by atoms with Crippen molar-refractivity contribution in [1.82, 2.24) is 10.3 Å². The average molecular weight is 212 g/mol. The first-order chi connectivity index (χ1) is 6.68. The van der Waals surface area contributed by atoms with E-state index in [1.54, 1.807) is 11.3 Å². The third-order valence-electron chi connectivity index (χ3n) is 2.10. The summed E-state index contributed by atoms with van der Waals surface area (Å²) in [6.45, 7) is 8.69. The standard InChI is InChI=1S/C11H20N2S/c1-9(2)5-4-6-12-7-11-8-13-10(3)14-11/h8-9,12H,4-7H2,1-3H3. The van der Waals surface area contributed by atoms with Crippen molar-refractivity contribution in [1.29, 1.82) is 0 Å². The van der Waals surface area contributed by atoms with E-state index < -0.39 is 0 Å². The number of rotatable bonds is 6. The summed E-state index contributed by atoms with van der Waals surface area (Å²) in [6, 6.07) is 0. The highest BCUT2D eigenvalue weighted by atomic mass is 32.1. The van der Waals surface area contributed by atoms with Gasteiger partial charge in [0.2, 0.25) is 0 Å². The Bertz CT molecular complexity index is 256. The van der Waals surface area contributed by atoms with Crippen LogP contribution in [0.2, 0.25) is 0 Å². The van der Waals surface area contributed by atoms with Crippen molar-refractivity contribution >= 4 is 11.3 Å². The first kappa shape index (κ1) is 11.7. The maximum atomic E-state index is 4.22. The van der Waals surface area contributed by atoms with E-state index in [1.807, 2.05) is 13.1 Å². The van der Waals surface area contributed by atoms with Crippen LogP contribution in [0, 0.1) is 12.8 Å². The van der Waals surface area contributed by atoms with Crippen LogP contribution in [0.15, 0.2) is 6.20 Å². The Labute approximate surface area is 90.8 Å².